The maximum absolute atomic E-state index is 12.2. The summed E-state index contributed by atoms with van der Waals surface area (Å²) in [5.74, 6) is -0.0941. The van der Waals surface area contributed by atoms with Gasteiger partial charge in [0.1, 0.15) is 6.61 Å². The Bertz CT molecular complexity index is 529. The molecule has 1 N–H and O–H groups in total. The molecule has 0 saturated carbocycles. The van der Waals surface area contributed by atoms with Crippen molar-refractivity contribution >= 4 is 11.9 Å². The Hall–Kier alpha value is -1.36. The molecular weight excluding hydrogens is 424 g/mol. The fourth-order valence-corrected chi connectivity index (χ4v) is 4.46. The summed E-state index contributed by atoms with van der Waals surface area (Å²) < 4.78 is 5.43. The normalized spacial score (nSPS) is 15.5. The third-order valence-electron chi connectivity index (χ3n) is 6.77. The summed E-state index contributed by atoms with van der Waals surface area (Å²) in [5.41, 5.74) is 0. The van der Waals surface area contributed by atoms with E-state index in [1.54, 1.807) is 0 Å². The largest absolute Gasteiger partial charge is 0.463 e. The molecule has 0 aromatic heterocycles. The van der Waals surface area contributed by atoms with E-state index >= 15 is 0 Å². The lowest BCUT2D eigenvalue weighted by atomic mass is 10.1. The van der Waals surface area contributed by atoms with Crippen molar-refractivity contribution in [3.05, 3.63) is 12.2 Å². The molecular formula is C29H54N2O3. The van der Waals surface area contributed by atoms with Gasteiger partial charge < -0.3 is 10.1 Å². The van der Waals surface area contributed by atoms with Crippen molar-refractivity contribution in [3.8, 4) is 0 Å². The molecule has 34 heavy (non-hydrogen) atoms. The molecule has 0 bridgehead atoms. The van der Waals surface area contributed by atoms with Crippen LogP contribution in [-0.2, 0) is 14.3 Å². The van der Waals surface area contributed by atoms with Crippen LogP contribution in [0.1, 0.15) is 129 Å². The molecule has 1 heterocycles. The number of esters is 1. The van der Waals surface area contributed by atoms with E-state index in [0.717, 1.165) is 45.2 Å². The van der Waals surface area contributed by atoms with Crippen LogP contribution in [0, 0.1) is 0 Å². The van der Waals surface area contributed by atoms with Gasteiger partial charge in [0, 0.05) is 6.42 Å². The van der Waals surface area contributed by atoms with Crippen LogP contribution in [0.3, 0.4) is 0 Å². The Morgan fingerprint density at radius 2 is 1.41 bits per heavy atom. The molecule has 1 aliphatic rings. The number of hydrogen-bond acceptors (Lipinski definition) is 4. The molecule has 1 amide bonds. The Morgan fingerprint density at radius 1 is 0.824 bits per heavy atom. The summed E-state index contributed by atoms with van der Waals surface area (Å²) in [6.45, 7) is 6.91. The van der Waals surface area contributed by atoms with Gasteiger partial charge in [0.25, 0.3) is 0 Å². The van der Waals surface area contributed by atoms with Crippen molar-refractivity contribution in [1.29, 1.82) is 0 Å². The maximum atomic E-state index is 12.2. The van der Waals surface area contributed by atoms with Gasteiger partial charge in [-0.2, -0.15) is 0 Å². The first-order valence-corrected chi connectivity index (χ1v) is 14.5. The monoisotopic (exact) mass is 478 g/mol. The minimum Gasteiger partial charge on any atom is -0.463 e. The molecule has 1 aliphatic heterocycles. The molecule has 0 aromatic rings. The summed E-state index contributed by atoms with van der Waals surface area (Å²) in [4.78, 5) is 26.5. The molecule has 1 fully saturated rings. The van der Waals surface area contributed by atoms with Crippen molar-refractivity contribution in [2.24, 2.45) is 0 Å². The molecule has 5 heteroatoms. The predicted octanol–water partition coefficient (Wildman–Crippen LogP) is 6.95. The number of nitrogens with one attached hydrogen (secondary N) is 1. The number of likely N-dealkylation sites (tertiary alicyclic amines) is 1. The van der Waals surface area contributed by atoms with Crippen LogP contribution in [0.25, 0.3) is 0 Å². The van der Waals surface area contributed by atoms with Crippen molar-refractivity contribution < 1.29 is 14.3 Å². The molecule has 0 aromatic carbocycles. The fraction of sp³-hybridized carbons (Fsp3) is 0.862. The first-order chi connectivity index (χ1) is 16.7. The lowest BCUT2D eigenvalue weighted by Gasteiger charge is -2.25. The zero-order chi connectivity index (χ0) is 24.7. The van der Waals surface area contributed by atoms with Gasteiger partial charge in [-0.15, -0.1) is 0 Å². The molecule has 5 nitrogen and oxygen atoms in total. The molecule has 1 atom stereocenters. The minimum atomic E-state index is -0.174. The highest BCUT2D eigenvalue weighted by Crippen LogP contribution is 2.11. The van der Waals surface area contributed by atoms with Crippen molar-refractivity contribution in [2.45, 2.75) is 135 Å². The van der Waals surface area contributed by atoms with Gasteiger partial charge in [0.15, 0.2) is 0 Å². The summed E-state index contributed by atoms with van der Waals surface area (Å²) in [5, 5.41) is 3.04. The minimum absolute atomic E-state index is 0.0801. The number of amides is 1. The second-order valence-corrected chi connectivity index (χ2v) is 10.0. The standard InChI is InChI=1S/C29H54N2O3/c1-3-5-6-7-8-9-10-11-12-13-14-15-16-17-19-22-28(32)30-27(4-2)26-34-29(33)25-31-23-20-18-21-24-31/h11-12,27H,3-10,13-26H2,1-2H3,(H,30,32)/b12-11-. The first kappa shape index (κ1) is 30.7. The smallest absolute Gasteiger partial charge is 0.320 e. The molecule has 1 rings (SSSR count). The highest BCUT2D eigenvalue weighted by Gasteiger charge is 2.17. The van der Waals surface area contributed by atoms with Crippen LogP contribution in [0.2, 0.25) is 0 Å². The Kier molecular flexibility index (Phi) is 20.0. The molecule has 0 radical (unpaired) electrons. The topological polar surface area (TPSA) is 58.6 Å². The Balaban J connectivity index is 1.94. The van der Waals surface area contributed by atoms with Crippen molar-refractivity contribution in [1.82, 2.24) is 10.2 Å². The summed E-state index contributed by atoms with van der Waals surface area (Å²) in [6.07, 6.45) is 26.0. The zero-order valence-electron chi connectivity index (χ0n) is 22.5. The molecule has 1 unspecified atom stereocenters. The van der Waals surface area contributed by atoms with Crippen molar-refractivity contribution in [3.63, 3.8) is 0 Å². The average Bonchev–Trinajstić information content (AvgIpc) is 2.84. The third-order valence-corrected chi connectivity index (χ3v) is 6.77. The van der Waals surface area contributed by atoms with Gasteiger partial charge in [0.2, 0.25) is 5.91 Å². The van der Waals surface area contributed by atoms with E-state index in [1.165, 1.54) is 77.0 Å². The van der Waals surface area contributed by atoms with Gasteiger partial charge >= 0.3 is 5.97 Å². The van der Waals surface area contributed by atoms with Gasteiger partial charge in [-0.25, -0.2) is 0 Å². The van der Waals surface area contributed by atoms with Crippen molar-refractivity contribution in [2.75, 3.05) is 26.2 Å². The molecule has 0 aliphatic carbocycles. The SMILES string of the molecule is CCCCCCCC/C=C\CCCCCCCC(=O)NC(CC)COC(=O)CN1CCCCC1. The third kappa shape index (κ3) is 18.0. The fourth-order valence-electron chi connectivity index (χ4n) is 4.46. The number of allylic oxidation sites excluding steroid dienone is 2. The number of ether oxygens (including phenoxy) is 1. The molecule has 0 spiro atoms. The average molecular weight is 479 g/mol. The van der Waals surface area contributed by atoms with E-state index in [1.807, 2.05) is 6.92 Å². The second kappa shape index (κ2) is 22.1. The number of carbonyl (C=O) groups excluding carboxylic acids is 2. The quantitative estimate of drug-likeness (QED) is 0.110. The van der Waals surface area contributed by atoms with Crippen LogP contribution in [0.15, 0.2) is 12.2 Å². The predicted molar refractivity (Wildman–Crippen MR) is 143 cm³/mol. The van der Waals surface area contributed by atoms with E-state index in [2.05, 4.69) is 29.3 Å². The van der Waals surface area contributed by atoms with Crippen LogP contribution in [0.5, 0.6) is 0 Å². The van der Waals surface area contributed by atoms with Gasteiger partial charge in [-0.05, 0) is 64.5 Å². The number of unbranched alkanes of at least 4 members (excludes halogenated alkanes) is 11. The van der Waals surface area contributed by atoms with Crippen LogP contribution in [0.4, 0.5) is 0 Å². The van der Waals surface area contributed by atoms with Crippen LogP contribution >= 0.6 is 0 Å². The number of rotatable bonds is 21. The lowest BCUT2D eigenvalue weighted by molar-refractivity contribution is -0.146. The number of nitrogens with zero attached hydrogens (tertiary/aromatic N) is 1. The molecule has 1 saturated heterocycles. The summed E-state index contributed by atoms with van der Waals surface area (Å²) in [7, 11) is 0. The summed E-state index contributed by atoms with van der Waals surface area (Å²) >= 11 is 0. The van der Waals surface area contributed by atoms with Gasteiger partial charge in [-0.1, -0.05) is 83.8 Å². The van der Waals surface area contributed by atoms with Gasteiger partial charge in [-0.3, -0.25) is 14.5 Å². The van der Waals surface area contributed by atoms with E-state index in [9.17, 15) is 9.59 Å². The highest BCUT2D eigenvalue weighted by molar-refractivity contribution is 5.76. The second-order valence-electron chi connectivity index (χ2n) is 10.0. The number of carbonyl (C=O) groups is 2. The maximum Gasteiger partial charge on any atom is 0.320 e. The molecule has 198 valence electrons. The van der Waals surface area contributed by atoms with E-state index in [0.29, 0.717) is 13.0 Å². The Labute approximate surface area is 210 Å². The van der Waals surface area contributed by atoms with E-state index in [-0.39, 0.29) is 24.5 Å². The highest BCUT2D eigenvalue weighted by atomic mass is 16.5. The lowest BCUT2D eigenvalue weighted by Crippen LogP contribution is -2.40. The van der Waals surface area contributed by atoms with Crippen LogP contribution < -0.4 is 5.32 Å². The van der Waals surface area contributed by atoms with Gasteiger partial charge in [0.05, 0.1) is 12.6 Å². The number of hydrogen-bond donors (Lipinski definition) is 1. The Morgan fingerprint density at radius 3 is 2.03 bits per heavy atom. The first-order valence-electron chi connectivity index (χ1n) is 14.5. The summed E-state index contributed by atoms with van der Waals surface area (Å²) in [6, 6.07) is -0.0825. The number of piperidine rings is 1. The van der Waals surface area contributed by atoms with E-state index < -0.39 is 0 Å². The van der Waals surface area contributed by atoms with Crippen LogP contribution in [-0.4, -0.2) is 49.1 Å². The van der Waals surface area contributed by atoms with E-state index in [4.69, 9.17) is 4.74 Å². The zero-order valence-corrected chi connectivity index (χ0v) is 22.5.